The van der Waals surface area contributed by atoms with E-state index in [0.29, 0.717) is 0 Å². The molecule has 0 aliphatic carbocycles. The van der Waals surface area contributed by atoms with E-state index in [1.54, 1.807) is 23.5 Å². The zero-order valence-electron chi connectivity index (χ0n) is 5.41. The van der Waals surface area contributed by atoms with Crippen molar-refractivity contribution < 1.29 is 5.11 Å². The number of aromatic hydroxyl groups is 1. The summed E-state index contributed by atoms with van der Waals surface area (Å²) in [5.41, 5.74) is 0.874. The Morgan fingerprint density at radius 1 is 1.45 bits per heavy atom. The molecule has 4 heteroatoms. The molecule has 0 amide bonds. The van der Waals surface area contributed by atoms with Crippen LogP contribution in [-0.4, -0.2) is 10.1 Å². The molecule has 1 heterocycles. The van der Waals surface area contributed by atoms with Gasteiger partial charge < -0.3 is 5.11 Å². The first-order chi connectivity index (χ1) is 5.25. The summed E-state index contributed by atoms with van der Waals surface area (Å²) in [5.74, 6) is 0.277. The second-order valence-corrected chi connectivity index (χ2v) is 4.90. The van der Waals surface area contributed by atoms with Crippen LogP contribution in [0.5, 0.6) is 5.75 Å². The van der Waals surface area contributed by atoms with E-state index in [-0.39, 0.29) is 5.75 Å². The van der Waals surface area contributed by atoms with Crippen LogP contribution in [0, 0.1) is 3.01 Å². The first kappa shape index (κ1) is 7.30. The van der Waals surface area contributed by atoms with E-state index in [9.17, 15) is 0 Å². The van der Waals surface area contributed by atoms with Gasteiger partial charge in [-0.15, -0.1) is 11.3 Å². The third kappa shape index (κ3) is 1.32. The molecule has 0 spiro atoms. The van der Waals surface area contributed by atoms with Gasteiger partial charge in [-0.3, -0.25) is 0 Å². The summed E-state index contributed by atoms with van der Waals surface area (Å²) in [6, 6.07) is 5.23. The minimum Gasteiger partial charge on any atom is -0.508 e. The number of rotatable bonds is 0. The lowest BCUT2D eigenvalue weighted by Crippen LogP contribution is -1.67. The van der Waals surface area contributed by atoms with E-state index in [1.165, 1.54) is 0 Å². The number of hydrogen-bond acceptors (Lipinski definition) is 3. The molecule has 0 unspecified atom stereocenters. The maximum absolute atomic E-state index is 9.10. The van der Waals surface area contributed by atoms with Crippen molar-refractivity contribution in [1.82, 2.24) is 4.98 Å². The largest absolute Gasteiger partial charge is 0.508 e. The van der Waals surface area contributed by atoms with Gasteiger partial charge in [-0.1, -0.05) is 0 Å². The second kappa shape index (κ2) is 2.60. The molecule has 0 fully saturated rings. The summed E-state index contributed by atoms with van der Waals surface area (Å²) in [4.78, 5) is 4.22. The maximum atomic E-state index is 9.10. The maximum Gasteiger partial charge on any atom is 0.155 e. The molecule has 0 radical (unpaired) electrons. The number of thiazole rings is 1. The molecular formula is C7H4INOS. The van der Waals surface area contributed by atoms with Crippen LogP contribution in [0.1, 0.15) is 0 Å². The number of benzene rings is 1. The molecule has 2 aromatic rings. The van der Waals surface area contributed by atoms with Crippen molar-refractivity contribution in [2.24, 2.45) is 0 Å². The highest BCUT2D eigenvalue weighted by atomic mass is 127. The van der Waals surface area contributed by atoms with Crippen LogP contribution < -0.4 is 0 Å². The third-order valence-corrected chi connectivity index (χ3v) is 3.07. The minimum absolute atomic E-state index is 0.277. The SMILES string of the molecule is Oc1ccc2sc(I)nc2c1. The summed E-state index contributed by atoms with van der Waals surface area (Å²) in [7, 11) is 0. The fraction of sp³-hybridized carbons (Fsp3) is 0. The van der Waals surface area contributed by atoms with Crippen molar-refractivity contribution in [3.8, 4) is 5.75 Å². The lowest BCUT2D eigenvalue weighted by atomic mass is 10.3. The van der Waals surface area contributed by atoms with E-state index in [4.69, 9.17) is 5.11 Å². The van der Waals surface area contributed by atoms with Crippen LogP contribution in [-0.2, 0) is 0 Å². The normalized spacial score (nSPS) is 10.6. The Hall–Kier alpha value is -0.360. The molecule has 2 rings (SSSR count). The van der Waals surface area contributed by atoms with E-state index >= 15 is 0 Å². The first-order valence-electron chi connectivity index (χ1n) is 3.01. The van der Waals surface area contributed by atoms with Gasteiger partial charge in [0.15, 0.2) is 3.01 Å². The van der Waals surface area contributed by atoms with Gasteiger partial charge in [-0.25, -0.2) is 4.98 Å². The summed E-state index contributed by atoms with van der Waals surface area (Å²) in [5, 5.41) is 9.10. The number of hydrogen-bond donors (Lipinski definition) is 1. The van der Waals surface area contributed by atoms with Crippen LogP contribution >= 0.6 is 33.9 Å². The van der Waals surface area contributed by atoms with Gasteiger partial charge in [-0.05, 0) is 34.7 Å². The average molecular weight is 277 g/mol. The molecule has 1 aromatic heterocycles. The van der Waals surface area contributed by atoms with E-state index < -0.39 is 0 Å². The van der Waals surface area contributed by atoms with Crippen LogP contribution in [0.3, 0.4) is 0 Å². The molecule has 0 atom stereocenters. The van der Waals surface area contributed by atoms with E-state index in [1.807, 2.05) is 6.07 Å². The van der Waals surface area contributed by atoms with Gasteiger partial charge >= 0.3 is 0 Å². The molecule has 0 aliphatic rings. The second-order valence-electron chi connectivity index (χ2n) is 2.12. The standard InChI is InChI=1S/C7H4INOS/c8-7-9-5-3-4(10)1-2-6(5)11-7/h1-3,10H. The number of fused-ring (bicyclic) bond motifs is 1. The van der Waals surface area contributed by atoms with Gasteiger partial charge in [0, 0.05) is 6.07 Å². The first-order valence-corrected chi connectivity index (χ1v) is 4.90. The van der Waals surface area contributed by atoms with Crippen LogP contribution in [0.15, 0.2) is 18.2 Å². The van der Waals surface area contributed by atoms with Crippen molar-refractivity contribution in [3.63, 3.8) is 0 Å². The molecule has 0 bridgehead atoms. The van der Waals surface area contributed by atoms with E-state index in [0.717, 1.165) is 13.2 Å². The molecule has 56 valence electrons. The zero-order chi connectivity index (χ0) is 7.84. The molecule has 0 saturated heterocycles. The zero-order valence-corrected chi connectivity index (χ0v) is 8.39. The molecule has 11 heavy (non-hydrogen) atoms. The molecule has 1 aromatic carbocycles. The highest BCUT2D eigenvalue weighted by Gasteiger charge is 2.00. The van der Waals surface area contributed by atoms with Crippen molar-refractivity contribution >= 4 is 44.1 Å². The Balaban J connectivity index is 2.82. The molecule has 1 N–H and O–H groups in total. The summed E-state index contributed by atoms with van der Waals surface area (Å²) in [6.45, 7) is 0. The average Bonchev–Trinajstić information content (AvgIpc) is 2.27. The van der Waals surface area contributed by atoms with Crippen molar-refractivity contribution in [3.05, 3.63) is 21.2 Å². The topological polar surface area (TPSA) is 33.1 Å². The van der Waals surface area contributed by atoms with Gasteiger partial charge in [-0.2, -0.15) is 0 Å². The van der Waals surface area contributed by atoms with Crippen LogP contribution in [0.25, 0.3) is 10.2 Å². The molecule has 0 saturated carbocycles. The summed E-state index contributed by atoms with van der Waals surface area (Å²) < 4.78 is 2.12. The minimum atomic E-state index is 0.277. The smallest absolute Gasteiger partial charge is 0.155 e. The predicted octanol–water partition coefficient (Wildman–Crippen LogP) is 2.61. The number of aromatic nitrogens is 1. The molecule has 0 aliphatic heterocycles. The van der Waals surface area contributed by atoms with Crippen LogP contribution in [0.4, 0.5) is 0 Å². The summed E-state index contributed by atoms with van der Waals surface area (Å²) in [6.07, 6.45) is 0. The Morgan fingerprint density at radius 3 is 3.09 bits per heavy atom. The molecule has 2 nitrogen and oxygen atoms in total. The Bertz CT molecular complexity index is 398. The van der Waals surface area contributed by atoms with Gasteiger partial charge in [0.25, 0.3) is 0 Å². The number of phenolic OH excluding ortho intramolecular Hbond substituents is 1. The summed E-state index contributed by atoms with van der Waals surface area (Å²) >= 11 is 3.80. The Kier molecular flexibility index (Phi) is 1.72. The highest BCUT2D eigenvalue weighted by Crippen LogP contribution is 2.25. The predicted molar refractivity (Wildman–Crippen MR) is 54.0 cm³/mol. The van der Waals surface area contributed by atoms with Crippen molar-refractivity contribution in [2.45, 2.75) is 0 Å². The lowest BCUT2D eigenvalue weighted by molar-refractivity contribution is 0.476. The quantitative estimate of drug-likeness (QED) is 0.751. The Labute approximate surface area is 81.0 Å². The third-order valence-electron chi connectivity index (χ3n) is 1.35. The Morgan fingerprint density at radius 2 is 2.27 bits per heavy atom. The molecular weight excluding hydrogens is 273 g/mol. The van der Waals surface area contributed by atoms with Crippen molar-refractivity contribution in [1.29, 1.82) is 0 Å². The fourth-order valence-electron chi connectivity index (χ4n) is 0.888. The van der Waals surface area contributed by atoms with E-state index in [2.05, 4.69) is 27.6 Å². The van der Waals surface area contributed by atoms with Crippen LogP contribution in [0.2, 0.25) is 0 Å². The van der Waals surface area contributed by atoms with Gasteiger partial charge in [0.1, 0.15) is 5.75 Å². The highest BCUT2D eigenvalue weighted by molar-refractivity contribution is 14.1. The monoisotopic (exact) mass is 277 g/mol. The number of nitrogens with zero attached hydrogens (tertiary/aromatic N) is 1. The van der Waals surface area contributed by atoms with Crippen molar-refractivity contribution in [2.75, 3.05) is 0 Å². The van der Waals surface area contributed by atoms with Gasteiger partial charge in [0.05, 0.1) is 10.2 Å². The number of phenols is 1. The van der Waals surface area contributed by atoms with Gasteiger partial charge in [0.2, 0.25) is 0 Å². The number of halogens is 1. The lowest BCUT2D eigenvalue weighted by Gasteiger charge is -1.87. The fourth-order valence-corrected chi connectivity index (χ4v) is 2.53.